The van der Waals surface area contributed by atoms with E-state index >= 15 is 0 Å². The van der Waals surface area contributed by atoms with Gasteiger partial charge in [-0.15, -0.1) is 0 Å². The molecule has 0 bridgehead atoms. The Kier molecular flexibility index (Phi) is 8.55. The van der Waals surface area contributed by atoms with Crippen LogP contribution < -0.4 is 14.2 Å². The summed E-state index contributed by atoms with van der Waals surface area (Å²) in [6.45, 7) is -1.00. The minimum Gasteiger partial charge on any atom is -0.504 e. The Hall–Kier alpha value is -2.64. The van der Waals surface area contributed by atoms with Crippen molar-refractivity contribution in [2.45, 2.75) is 42.7 Å². The molecule has 11 heteroatoms. The predicted octanol–water partition coefficient (Wildman–Crippen LogP) is -0.602. The van der Waals surface area contributed by atoms with Crippen molar-refractivity contribution < 1.29 is 54.7 Å². The summed E-state index contributed by atoms with van der Waals surface area (Å²) in [6.07, 6.45) is -8.44. The van der Waals surface area contributed by atoms with Crippen molar-refractivity contribution in [3.63, 3.8) is 0 Å². The number of hydrogen-bond donors (Lipinski definition) is 7. The fourth-order valence-electron chi connectivity index (χ4n) is 3.80. The highest BCUT2D eigenvalue weighted by molar-refractivity contribution is 5.46. The van der Waals surface area contributed by atoms with Gasteiger partial charge in [-0.3, -0.25) is 0 Å². The van der Waals surface area contributed by atoms with E-state index in [1.54, 1.807) is 6.07 Å². The molecule has 1 aliphatic rings. The van der Waals surface area contributed by atoms with Crippen LogP contribution in [-0.4, -0.2) is 93.9 Å². The number of methoxy groups -OCH3 is 2. The van der Waals surface area contributed by atoms with Gasteiger partial charge in [-0.1, -0.05) is 12.1 Å². The molecule has 1 fully saturated rings. The molecule has 188 valence electrons. The molecule has 1 saturated heterocycles. The smallest absolute Gasteiger partial charge is 0.229 e. The van der Waals surface area contributed by atoms with Gasteiger partial charge >= 0.3 is 0 Å². The molecule has 7 N–H and O–H groups in total. The van der Waals surface area contributed by atoms with Crippen molar-refractivity contribution in [3.8, 4) is 23.0 Å². The number of aliphatic hydroxyl groups is 6. The number of phenolic OH excluding ortho intramolecular Hbond substituents is 1. The number of aliphatic hydroxyl groups excluding tert-OH is 6. The summed E-state index contributed by atoms with van der Waals surface area (Å²) in [5.74, 6) is -0.364. The maximum atomic E-state index is 11.0. The molecule has 7 atom stereocenters. The standard InChI is InChI=1S/C23H30O11/c1-31-16-7-11(3-5-14(16)26)13(9-24)19(27)12-4-6-15(17(8-12)32-2)33-23-22(30)21(29)20(28)18(10-25)34-23/h3-8,13,18-30H,9-10H2,1-2H3/t13-,18-,19-,20-,21+,22-,23-/m1/s1. The minimum atomic E-state index is -1.60. The zero-order valence-corrected chi connectivity index (χ0v) is 18.7. The van der Waals surface area contributed by atoms with Gasteiger partial charge in [-0.2, -0.15) is 0 Å². The van der Waals surface area contributed by atoms with Gasteiger partial charge in [0, 0.05) is 5.92 Å². The van der Waals surface area contributed by atoms with Crippen LogP contribution in [0, 0.1) is 0 Å². The third-order valence-corrected chi connectivity index (χ3v) is 5.83. The molecule has 3 rings (SSSR count). The molecule has 0 aromatic heterocycles. The van der Waals surface area contributed by atoms with Crippen LogP contribution >= 0.6 is 0 Å². The van der Waals surface area contributed by atoms with Crippen LogP contribution in [0.1, 0.15) is 23.1 Å². The minimum absolute atomic E-state index is 0.0752. The number of hydrogen-bond acceptors (Lipinski definition) is 11. The maximum Gasteiger partial charge on any atom is 0.229 e. The van der Waals surface area contributed by atoms with Crippen molar-refractivity contribution in [1.82, 2.24) is 0 Å². The first-order valence-electron chi connectivity index (χ1n) is 10.6. The van der Waals surface area contributed by atoms with E-state index < -0.39 is 55.9 Å². The second-order valence-corrected chi connectivity index (χ2v) is 7.89. The number of ether oxygens (including phenoxy) is 4. The summed E-state index contributed by atoms with van der Waals surface area (Å²) in [5, 5.41) is 70.1. The van der Waals surface area contributed by atoms with Crippen molar-refractivity contribution >= 4 is 0 Å². The van der Waals surface area contributed by atoms with Gasteiger partial charge < -0.3 is 54.7 Å². The summed E-state index contributed by atoms with van der Waals surface area (Å²) < 4.78 is 21.4. The fourth-order valence-corrected chi connectivity index (χ4v) is 3.80. The van der Waals surface area contributed by atoms with Crippen molar-refractivity contribution in [3.05, 3.63) is 47.5 Å². The molecule has 34 heavy (non-hydrogen) atoms. The Morgan fingerprint density at radius 1 is 0.853 bits per heavy atom. The van der Waals surface area contributed by atoms with E-state index in [0.29, 0.717) is 11.1 Å². The SMILES string of the molecule is COc1cc([C@@H](CO)[C@H](O)c2ccc(O[C@@H]3O[C@H](CO)[C@@H](O)[C@H](O)[C@H]3O)c(OC)c2)ccc1O. The van der Waals surface area contributed by atoms with E-state index in [0.717, 1.165) is 0 Å². The number of rotatable bonds is 9. The largest absolute Gasteiger partial charge is 0.504 e. The van der Waals surface area contributed by atoms with E-state index in [9.17, 15) is 35.7 Å². The zero-order valence-electron chi connectivity index (χ0n) is 18.7. The topological polar surface area (TPSA) is 179 Å². The van der Waals surface area contributed by atoms with Gasteiger partial charge in [0.1, 0.15) is 24.4 Å². The Morgan fingerprint density at radius 3 is 2.12 bits per heavy atom. The Morgan fingerprint density at radius 2 is 1.50 bits per heavy atom. The van der Waals surface area contributed by atoms with Crippen LogP contribution in [0.15, 0.2) is 36.4 Å². The van der Waals surface area contributed by atoms with Crippen LogP contribution in [-0.2, 0) is 4.74 Å². The Bertz CT molecular complexity index is 951. The number of phenols is 1. The molecule has 1 heterocycles. The van der Waals surface area contributed by atoms with E-state index in [1.807, 2.05) is 0 Å². The van der Waals surface area contributed by atoms with Gasteiger partial charge in [-0.05, 0) is 35.4 Å². The molecule has 0 saturated carbocycles. The fraction of sp³-hybridized carbons (Fsp3) is 0.478. The summed E-state index contributed by atoms with van der Waals surface area (Å²) in [7, 11) is 2.75. The third kappa shape index (κ3) is 5.20. The van der Waals surface area contributed by atoms with Gasteiger partial charge in [0.15, 0.2) is 23.0 Å². The third-order valence-electron chi connectivity index (χ3n) is 5.83. The van der Waals surface area contributed by atoms with Crippen molar-refractivity contribution in [2.24, 2.45) is 0 Å². The monoisotopic (exact) mass is 482 g/mol. The molecule has 0 spiro atoms. The Balaban J connectivity index is 1.84. The molecule has 2 aromatic carbocycles. The number of benzene rings is 2. The lowest BCUT2D eigenvalue weighted by Crippen LogP contribution is -2.60. The quantitative estimate of drug-likeness (QED) is 0.243. The second kappa shape index (κ2) is 11.2. The highest BCUT2D eigenvalue weighted by Crippen LogP contribution is 2.39. The summed E-state index contributed by atoms with van der Waals surface area (Å²) >= 11 is 0. The lowest BCUT2D eigenvalue weighted by molar-refractivity contribution is -0.277. The predicted molar refractivity (Wildman–Crippen MR) is 117 cm³/mol. The van der Waals surface area contributed by atoms with Gasteiger partial charge in [0.05, 0.1) is 33.5 Å². The molecule has 2 aromatic rings. The number of aromatic hydroxyl groups is 1. The van der Waals surface area contributed by atoms with Crippen molar-refractivity contribution in [1.29, 1.82) is 0 Å². The van der Waals surface area contributed by atoms with Gasteiger partial charge in [0.25, 0.3) is 0 Å². The molecule has 11 nitrogen and oxygen atoms in total. The highest BCUT2D eigenvalue weighted by Gasteiger charge is 2.45. The Labute approximate surface area is 196 Å². The second-order valence-electron chi connectivity index (χ2n) is 7.89. The van der Waals surface area contributed by atoms with E-state index in [2.05, 4.69) is 0 Å². The molecular weight excluding hydrogens is 452 g/mol. The van der Waals surface area contributed by atoms with Gasteiger partial charge in [-0.25, -0.2) is 0 Å². The molecule has 0 amide bonds. The van der Waals surface area contributed by atoms with Crippen molar-refractivity contribution in [2.75, 3.05) is 27.4 Å². The molecule has 0 radical (unpaired) electrons. The van der Waals surface area contributed by atoms with Gasteiger partial charge in [0.2, 0.25) is 6.29 Å². The van der Waals surface area contributed by atoms with Crippen LogP contribution in [0.4, 0.5) is 0 Å². The summed E-state index contributed by atoms with van der Waals surface area (Å²) in [6, 6.07) is 8.94. The van der Waals surface area contributed by atoms with E-state index in [4.69, 9.17) is 18.9 Å². The average molecular weight is 482 g/mol. The lowest BCUT2D eigenvalue weighted by Gasteiger charge is -2.39. The summed E-state index contributed by atoms with van der Waals surface area (Å²) in [4.78, 5) is 0. The first-order valence-corrected chi connectivity index (χ1v) is 10.6. The first-order chi connectivity index (χ1) is 16.2. The first kappa shape index (κ1) is 26.0. The van der Waals surface area contributed by atoms with Crippen LogP contribution in [0.3, 0.4) is 0 Å². The molecule has 1 aliphatic heterocycles. The molecule has 0 aliphatic carbocycles. The van der Waals surface area contributed by atoms with Crippen LogP contribution in [0.5, 0.6) is 23.0 Å². The molecular formula is C23H30O11. The zero-order chi connectivity index (χ0) is 25.0. The maximum absolute atomic E-state index is 11.0. The van der Waals surface area contributed by atoms with E-state index in [-0.39, 0.29) is 23.0 Å². The average Bonchev–Trinajstić information content (AvgIpc) is 2.85. The lowest BCUT2D eigenvalue weighted by atomic mass is 9.89. The molecule has 0 unspecified atom stereocenters. The highest BCUT2D eigenvalue weighted by atomic mass is 16.7. The van der Waals surface area contributed by atoms with E-state index in [1.165, 1.54) is 44.6 Å². The van der Waals surface area contributed by atoms with Crippen LogP contribution in [0.25, 0.3) is 0 Å². The summed E-state index contributed by atoms with van der Waals surface area (Å²) in [5.41, 5.74) is 0.911. The van der Waals surface area contributed by atoms with Crippen LogP contribution in [0.2, 0.25) is 0 Å². The normalized spacial score (nSPS) is 26.5.